The van der Waals surface area contributed by atoms with Crippen LogP contribution < -0.4 is 9.30 Å². The third-order valence-electron chi connectivity index (χ3n) is 10.2. The molecule has 0 bridgehead atoms. The molecular weight excluding hydrogens is 651 g/mol. The Kier molecular flexibility index (Phi) is 8.06. The Labute approximate surface area is 312 Å². The van der Waals surface area contributed by atoms with E-state index in [2.05, 4.69) is 173 Å². The van der Waals surface area contributed by atoms with E-state index in [-0.39, 0.29) is 16.2 Å². The van der Waals surface area contributed by atoms with E-state index in [9.17, 15) is 0 Å². The van der Waals surface area contributed by atoms with Gasteiger partial charge in [0.2, 0.25) is 5.82 Å². The molecule has 0 fully saturated rings. The molecule has 0 atom stereocenters. The van der Waals surface area contributed by atoms with Crippen molar-refractivity contribution in [2.24, 2.45) is 0 Å². The average molecular weight is 699 g/mol. The summed E-state index contributed by atoms with van der Waals surface area (Å²) in [5.41, 5.74) is 9.33. The first kappa shape index (κ1) is 34.3. The van der Waals surface area contributed by atoms with Crippen molar-refractivity contribution < 1.29 is 9.30 Å². The molecule has 0 saturated heterocycles. The Morgan fingerprint density at radius 3 is 1.83 bits per heavy atom. The maximum atomic E-state index is 6.63. The summed E-state index contributed by atoms with van der Waals surface area (Å²) >= 11 is 0. The van der Waals surface area contributed by atoms with E-state index in [1.165, 1.54) is 22.1 Å². The van der Waals surface area contributed by atoms with Crippen LogP contribution >= 0.6 is 0 Å². The Morgan fingerprint density at radius 1 is 0.509 bits per heavy atom. The second-order valence-electron chi connectivity index (χ2n) is 17.2. The van der Waals surface area contributed by atoms with Gasteiger partial charge in [0, 0.05) is 35.3 Å². The van der Waals surface area contributed by atoms with Gasteiger partial charge in [-0.2, -0.15) is 9.13 Å². The van der Waals surface area contributed by atoms with Crippen LogP contribution in [-0.2, 0) is 16.2 Å². The van der Waals surface area contributed by atoms with Gasteiger partial charge < -0.3 is 4.74 Å². The number of fused-ring (bicyclic) bond motifs is 4. The van der Waals surface area contributed by atoms with Gasteiger partial charge >= 0.3 is 0 Å². The summed E-state index contributed by atoms with van der Waals surface area (Å²) in [4.78, 5) is 9.69. The van der Waals surface area contributed by atoms with Crippen LogP contribution in [0.5, 0.6) is 11.5 Å². The second kappa shape index (κ2) is 12.4. The Hall–Kier alpha value is -5.75. The minimum Gasteiger partial charge on any atom is -0.457 e. The molecule has 0 saturated carbocycles. The summed E-state index contributed by atoms with van der Waals surface area (Å²) in [6.45, 7) is 20.4. The number of rotatable bonds is 5. The number of imidazole rings is 1. The van der Waals surface area contributed by atoms with Gasteiger partial charge in [-0.1, -0.05) is 98.7 Å². The molecule has 0 amide bonds. The van der Waals surface area contributed by atoms with Crippen molar-refractivity contribution >= 4 is 32.8 Å². The second-order valence-corrected chi connectivity index (χ2v) is 17.2. The molecule has 0 unspecified atom stereocenters. The predicted molar refractivity (Wildman–Crippen MR) is 217 cm³/mol. The Bertz CT molecular complexity index is 2630. The molecule has 53 heavy (non-hydrogen) atoms. The summed E-state index contributed by atoms with van der Waals surface area (Å²) in [6, 6.07) is 38.6. The molecule has 0 spiro atoms. The SMILES string of the molecule is CC(C)(C)c1cc(-[n+]2cn(-c3cc(Oc4ccc5c6ccccc6n(-c6cc(C(C)(C)C)ccn6)c5c4)ccn3)c3ccccc32)cc(C(C)(C)C)c1. The van der Waals surface area contributed by atoms with E-state index < -0.39 is 0 Å². The lowest BCUT2D eigenvalue weighted by atomic mass is 9.80. The van der Waals surface area contributed by atoms with Gasteiger partial charge in [0.25, 0.3) is 6.33 Å². The van der Waals surface area contributed by atoms with Gasteiger partial charge in [0.1, 0.15) is 23.0 Å². The maximum absolute atomic E-state index is 6.63. The van der Waals surface area contributed by atoms with Gasteiger partial charge in [0.15, 0.2) is 11.0 Å². The van der Waals surface area contributed by atoms with Crippen molar-refractivity contribution in [1.29, 1.82) is 0 Å². The lowest BCUT2D eigenvalue weighted by Crippen LogP contribution is -2.31. The van der Waals surface area contributed by atoms with Crippen molar-refractivity contribution in [3.63, 3.8) is 0 Å². The fraction of sp³-hybridized carbons (Fsp3) is 0.255. The summed E-state index contributed by atoms with van der Waals surface area (Å²) in [5.74, 6) is 3.12. The molecule has 4 heterocycles. The summed E-state index contributed by atoms with van der Waals surface area (Å²) in [5, 5.41) is 2.33. The van der Waals surface area contributed by atoms with Crippen LogP contribution in [0.25, 0.3) is 50.2 Å². The van der Waals surface area contributed by atoms with E-state index >= 15 is 0 Å². The van der Waals surface area contributed by atoms with Gasteiger partial charge in [-0.3, -0.25) is 4.57 Å². The van der Waals surface area contributed by atoms with E-state index in [1.54, 1.807) is 0 Å². The van der Waals surface area contributed by atoms with E-state index in [4.69, 9.17) is 14.7 Å². The van der Waals surface area contributed by atoms with Crippen LogP contribution in [0.3, 0.4) is 0 Å². The van der Waals surface area contributed by atoms with Crippen LogP contribution in [0.2, 0.25) is 0 Å². The van der Waals surface area contributed by atoms with E-state index in [0.717, 1.165) is 50.5 Å². The number of ether oxygens (including phenoxy) is 1. The lowest BCUT2D eigenvalue weighted by Gasteiger charge is -2.25. The molecule has 6 nitrogen and oxygen atoms in total. The van der Waals surface area contributed by atoms with Gasteiger partial charge in [-0.25, -0.2) is 9.97 Å². The van der Waals surface area contributed by atoms with E-state index in [1.807, 2.05) is 30.6 Å². The molecular formula is C47H48N5O+. The molecule has 8 aromatic rings. The fourth-order valence-corrected chi connectivity index (χ4v) is 7.11. The molecule has 6 heteroatoms. The third-order valence-corrected chi connectivity index (χ3v) is 10.2. The first-order valence-corrected chi connectivity index (χ1v) is 18.5. The fourth-order valence-electron chi connectivity index (χ4n) is 7.11. The number of nitrogens with zero attached hydrogens (tertiary/aromatic N) is 5. The number of para-hydroxylation sites is 3. The highest BCUT2D eigenvalue weighted by atomic mass is 16.5. The van der Waals surface area contributed by atoms with Crippen molar-refractivity contribution in [3.8, 4) is 28.8 Å². The largest absolute Gasteiger partial charge is 0.457 e. The monoisotopic (exact) mass is 698 g/mol. The van der Waals surface area contributed by atoms with E-state index in [0.29, 0.717) is 5.75 Å². The number of hydrogen-bond acceptors (Lipinski definition) is 3. The third kappa shape index (κ3) is 6.37. The molecule has 0 N–H and O–H groups in total. The summed E-state index contributed by atoms with van der Waals surface area (Å²) < 4.78 is 13.3. The molecule has 0 aliphatic carbocycles. The first-order chi connectivity index (χ1) is 25.1. The maximum Gasteiger partial charge on any atom is 0.256 e. The van der Waals surface area contributed by atoms with Crippen LogP contribution in [0.1, 0.15) is 79.0 Å². The van der Waals surface area contributed by atoms with Crippen molar-refractivity contribution in [2.75, 3.05) is 0 Å². The van der Waals surface area contributed by atoms with Crippen LogP contribution in [-0.4, -0.2) is 19.1 Å². The van der Waals surface area contributed by atoms with Crippen molar-refractivity contribution in [2.45, 2.75) is 78.6 Å². The topological polar surface area (TPSA) is 48.8 Å². The highest BCUT2D eigenvalue weighted by Gasteiger charge is 2.26. The molecule has 4 aromatic heterocycles. The standard InChI is InChI=1S/C47H48N5O/c1-45(2,3)31-20-22-49-44(27-31)52-39-15-11-10-14-37(39)38-19-18-35(28-42(38)52)53-36-21-23-48-43(29-36)51-30-50(40-16-12-13-17-41(40)51)34-25-32(46(4,5)6)24-33(26-34)47(7,8)9/h10-30H,1-9H3/q+1. The van der Waals surface area contributed by atoms with Gasteiger partial charge in [-0.15, -0.1) is 0 Å². The average Bonchev–Trinajstić information content (AvgIpc) is 3.67. The quantitative estimate of drug-likeness (QED) is 0.168. The molecule has 0 aliphatic rings. The van der Waals surface area contributed by atoms with Crippen LogP contribution in [0.4, 0.5) is 0 Å². The number of benzene rings is 4. The molecule has 0 radical (unpaired) electrons. The lowest BCUT2D eigenvalue weighted by molar-refractivity contribution is -0.567. The normalized spacial score (nSPS) is 12.6. The predicted octanol–water partition coefficient (Wildman–Crippen LogP) is 11.5. The zero-order valence-corrected chi connectivity index (χ0v) is 32.3. The van der Waals surface area contributed by atoms with Gasteiger partial charge in [0.05, 0.1) is 11.0 Å². The zero-order valence-electron chi connectivity index (χ0n) is 32.3. The number of hydrogen-bond donors (Lipinski definition) is 0. The van der Waals surface area contributed by atoms with Crippen molar-refractivity contribution in [3.05, 3.63) is 145 Å². The molecule has 266 valence electrons. The highest BCUT2D eigenvalue weighted by molar-refractivity contribution is 6.09. The molecule has 8 rings (SSSR count). The smallest absolute Gasteiger partial charge is 0.256 e. The van der Waals surface area contributed by atoms with Crippen LogP contribution in [0.15, 0.2) is 128 Å². The Morgan fingerprint density at radius 2 is 1.11 bits per heavy atom. The van der Waals surface area contributed by atoms with Crippen LogP contribution in [0, 0.1) is 0 Å². The minimum atomic E-state index is -0.0000812. The zero-order chi connectivity index (χ0) is 37.3. The highest BCUT2D eigenvalue weighted by Crippen LogP contribution is 2.36. The summed E-state index contributed by atoms with van der Waals surface area (Å²) in [6.07, 6.45) is 5.88. The number of aromatic nitrogens is 5. The summed E-state index contributed by atoms with van der Waals surface area (Å²) in [7, 11) is 0. The number of pyridine rings is 2. The van der Waals surface area contributed by atoms with Crippen molar-refractivity contribution in [1.82, 2.24) is 19.1 Å². The minimum absolute atomic E-state index is 0.0000812. The Balaban J connectivity index is 1.21. The van der Waals surface area contributed by atoms with Gasteiger partial charge in [-0.05, 0) is 93.6 Å². The molecule has 4 aromatic carbocycles. The first-order valence-electron chi connectivity index (χ1n) is 18.5. The molecule has 0 aliphatic heterocycles.